The van der Waals surface area contributed by atoms with Crippen LogP contribution in [0.25, 0.3) is 0 Å². The van der Waals surface area contributed by atoms with Crippen molar-refractivity contribution < 1.29 is 23.9 Å². The Bertz CT molecular complexity index is 1480. The number of anilines is 3. The van der Waals surface area contributed by atoms with Crippen molar-refractivity contribution in [1.29, 1.82) is 0 Å². The summed E-state index contributed by atoms with van der Waals surface area (Å²) in [5.41, 5.74) is 3.80. The van der Waals surface area contributed by atoms with Crippen LogP contribution in [0.5, 0.6) is 0 Å². The molecule has 3 aromatic carbocycles. The molecule has 2 N–H and O–H groups in total. The highest BCUT2D eigenvalue weighted by Gasteiger charge is 2.39. The molecule has 3 aromatic rings. The average Bonchev–Trinajstić information content (AvgIpc) is 3.13. The van der Waals surface area contributed by atoms with Gasteiger partial charge in [-0.25, -0.2) is 9.69 Å². The average molecular weight is 546 g/mol. The third-order valence-corrected chi connectivity index (χ3v) is 6.70. The van der Waals surface area contributed by atoms with Crippen LogP contribution in [-0.2, 0) is 14.3 Å². The maximum atomic E-state index is 13.1. The number of imide groups is 1. The van der Waals surface area contributed by atoms with Gasteiger partial charge in [0.1, 0.15) is 10.7 Å². The molecule has 9 heteroatoms. The summed E-state index contributed by atoms with van der Waals surface area (Å²) < 4.78 is 5.23. The second kappa shape index (κ2) is 12.0. The van der Waals surface area contributed by atoms with E-state index in [-0.39, 0.29) is 16.6 Å². The number of unbranched alkanes of at least 4 members (excludes halogenated alkanes) is 1. The summed E-state index contributed by atoms with van der Waals surface area (Å²) in [4.78, 5) is 52.0. The molecule has 0 saturated heterocycles. The van der Waals surface area contributed by atoms with Crippen molar-refractivity contribution in [3.8, 4) is 0 Å². The number of hydrogen-bond acceptors (Lipinski definition) is 6. The molecule has 0 aliphatic carbocycles. The Kier molecular flexibility index (Phi) is 8.46. The second-order valence-electron chi connectivity index (χ2n) is 9.08. The van der Waals surface area contributed by atoms with Gasteiger partial charge in [-0.2, -0.15) is 0 Å². The standard InChI is InChI=1S/C30H28ClN3O5/c1-4-5-16-39-30(38)21-9-7-10-23(17-21)33-27(35)20-12-14-22(15-13-20)32-26-25(31)28(36)34(29(26)37)24-11-6-8-18(2)19(24)3/h6-15,17,32H,4-5,16H2,1-3H3,(H,33,35). The van der Waals surface area contributed by atoms with Gasteiger partial charge in [-0.05, 0) is 79.9 Å². The van der Waals surface area contributed by atoms with E-state index in [2.05, 4.69) is 10.6 Å². The van der Waals surface area contributed by atoms with Gasteiger partial charge in [0.15, 0.2) is 0 Å². The van der Waals surface area contributed by atoms with Crippen molar-refractivity contribution in [1.82, 2.24) is 0 Å². The lowest BCUT2D eigenvalue weighted by molar-refractivity contribution is -0.120. The first-order valence-corrected chi connectivity index (χ1v) is 12.9. The van der Waals surface area contributed by atoms with E-state index in [0.29, 0.717) is 34.8 Å². The topological polar surface area (TPSA) is 105 Å². The molecule has 39 heavy (non-hydrogen) atoms. The zero-order chi connectivity index (χ0) is 28.1. The van der Waals surface area contributed by atoms with Gasteiger partial charge in [0, 0.05) is 16.9 Å². The highest BCUT2D eigenvalue weighted by Crippen LogP contribution is 2.33. The third-order valence-electron chi connectivity index (χ3n) is 6.35. The number of ether oxygens (including phenoxy) is 1. The zero-order valence-electron chi connectivity index (χ0n) is 21.8. The first-order valence-electron chi connectivity index (χ1n) is 12.5. The van der Waals surface area contributed by atoms with Crippen molar-refractivity contribution in [3.05, 3.63) is 99.7 Å². The van der Waals surface area contributed by atoms with Gasteiger partial charge >= 0.3 is 5.97 Å². The van der Waals surface area contributed by atoms with Crippen LogP contribution in [-0.4, -0.2) is 30.3 Å². The maximum Gasteiger partial charge on any atom is 0.338 e. The van der Waals surface area contributed by atoms with Crippen LogP contribution in [0.15, 0.2) is 77.5 Å². The van der Waals surface area contributed by atoms with Crippen LogP contribution in [0.3, 0.4) is 0 Å². The second-order valence-corrected chi connectivity index (χ2v) is 9.46. The smallest absolute Gasteiger partial charge is 0.338 e. The largest absolute Gasteiger partial charge is 0.462 e. The van der Waals surface area contributed by atoms with E-state index in [0.717, 1.165) is 28.9 Å². The fourth-order valence-corrected chi connectivity index (χ4v) is 4.19. The minimum Gasteiger partial charge on any atom is -0.462 e. The number of benzene rings is 3. The van der Waals surface area contributed by atoms with E-state index in [4.69, 9.17) is 16.3 Å². The lowest BCUT2D eigenvalue weighted by Crippen LogP contribution is -2.33. The number of nitrogens with one attached hydrogen (secondary N) is 2. The molecule has 0 aromatic heterocycles. The van der Waals surface area contributed by atoms with E-state index in [9.17, 15) is 19.2 Å². The lowest BCUT2D eigenvalue weighted by Gasteiger charge is -2.18. The summed E-state index contributed by atoms with van der Waals surface area (Å²) in [6.45, 7) is 6.09. The fraction of sp³-hybridized carbons (Fsp3) is 0.200. The molecule has 3 amide bonds. The monoisotopic (exact) mass is 545 g/mol. The van der Waals surface area contributed by atoms with E-state index >= 15 is 0 Å². The molecule has 0 spiro atoms. The van der Waals surface area contributed by atoms with E-state index in [1.807, 2.05) is 26.8 Å². The fourth-order valence-electron chi connectivity index (χ4n) is 3.98. The molecule has 1 aliphatic rings. The van der Waals surface area contributed by atoms with Gasteiger partial charge in [0.2, 0.25) is 0 Å². The maximum absolute atomic E-state index is 13.1. The molecule has 0 atom stereocenters. The molecule has 0 radical (unpaired) electrons. The third kappa shape index (κ3) is 6.02. The number of nitrogens with zero attached hydrogens (tertiary/aromatic N) is 1. The summed E-state index contributed by atoms with van der Waals surface area (Å²) in [5.74, 6) is -2.00. The Morgan fingerprint density at radius 2 is 1.62 bits per heavy atom. The number of halogens is 1. The molecule has 0 unspecified atom stereocenters. The highest BCUT2D eigenvalue weighted by atomic mass is 35.5. The van der Waals surface area contributed by atoms with Gasteiger partial charge in [0.05, 0.1) is 17.9 Å². The van der Waals surface area contributed by atoms with Crippen molar-refractivity contribution >= 4 is 52.4 Å². The number of carbonyl (C=O) groups is 4. The molecule has 1 heterocycles. The van der Waals surface area contributed by atoms with Crippen LogP contribution >= 0.6 is 11.6 Å². The van der Waals surface area contributed by atoms with Crippen molar-refractivity contribution in [2.24, 2.45) is 0 Å². The van der Waals surface area contributed by atoms with E-state index < -0.39 is 17.8 Å². The minimum absolute atomic E-state index is 0.0394. The number of hydrogen-bond donors (Lipinski definition) is 2. The number of esters is 1. The summed E-state index contributed by atoms with van der Waals surface area (Å²) in [6.07, 6.45) is 1.70. The van der Waals surface area contributed by atoms with Gasteiger partial charge < -0.3 is 15.4 Å². The Morgan fingerprint density at radius 3 is 2.33 bits per heavy atom. The lowest BCUT2D eigenvalue weighted by atomic mass is 10.1. The molecule has 200 valence electrons. The summed E-state index contributed by atoms with van der Waals surface area (Å²) >= 11 is 6.26. The van der Waals surface area contributed by atoms with Crippen molar-refractivity contribution in [2.75, 3.05) is 22.1 Å². The normalized spacial score (nSPS) is 13.1. The molecular weight excluding hydrogens is 518 g/mol. The molecular formula is C30H28ClN3O5. The van der Waals surface area contributed by atoms with Crippen LogP contribution in [0.1, 0.15) is 51.6 Å². The van der Waals surface area contributed by atoms with E-state index in [1.165, 1.54) is 0 Å². The summed E-state index contributed by atoms with van der Waals surface area (Å²) in [6, 6.07) is 18.2. The number of amides is 3. The van der Waals surface area contributed by atoms with Crippen LogP contribution in [0, 0.1) is 13.8 Å². The highest BCUT2D eigenvalue weighted by molar-refractivity contribution is 6.53. The Hall–Kier alpha value is -4.43. The summed E-state index contributed by atoms with van der Waals surface area (Å²) in [7, 11) is 0. The number of carbonyl (C=O) groups excluding carboxylic acids is 4. The quantitative estimate of drug-likeness (QED) is 0.196. The Balaban J connectivity index is 1.43. The van der Waals surface area contributed by atoms with Crippen LogP contribution in [0.2, 0.25) is 0 Å². The summed E-state index contributed by atoms with van der Waals surface area (Å²) in [5, 5.41) is 5.47. The Morgan fingerprint density at radius 1 is 0.897 bits per heavy atom. The van der Waals surface area contributed by atoms with Gasteiger partial charge in [0.25, 0.3) is 17.7 Å². The van der Waals surface area contributed by atoms with Gasteiger partial charge in [-0.15, -0.1) is 0 Å². The van der Waals surface area contributed by atoms with Crippen LogP contribution in [0.4, 0.5) is 17.1 Å². The van der Waals surface area contributed by atoms with Crippen LogP contribution < -0.4 is 15.5 Å². The molecule has 0 bridgehead atoms. The van der Waals surface area contributed by atoms with Crippen molar-refractivity contribution in [2.45, 2.75) is 33.6 Å². The molecule has 0 fully saturated rings. The predicted octanol–water partition coefficient (Wildman–Crippen LogP) is 5.95. The molecule has 1 aliphatic heterocycles. The first-order chi connectivity index (χ1) is 18.7. The molecule has 0 saturated carbocycles. The predicted molar refractivity (Wildman–Crippen MR) is 151 cm³/mol. The number of aryl methyl sites for hydroxylation is 1. The molecule has 8 nitrogen and oxygen atoms in total. The van der Waals surface area contributed by atoms with E-state index in [1.54, 1.807) is 60.7 Å². The first kappa shape index (κ1) is 27.6. The molecule has 4 rings (SSSR count). The van der Waals surface area contributed by atoms with Gasteiger partial charge in [-0.3, -0.25) is 14.4 Å². The van der Waals surface area contributed by atoms with Gasteiger partial charge in [-0.1, -0.05) is 43.1 Å². The van der Waals surface area contributed by atoms with Crippen molar-refractivity contribution in [3.63, 3.8) is 0 Å². The zero-order valence-corrected chi connectivity index (χ0v) is 22.6. The Labute approximate surface area is 231 Å². The minimum atomic E-state index is -0.606. The number of rotatable bonds is 9. The SMILES string of the molecule is CCCCOC(=O)c1cccc(NC(=O)c2ccc(NC3=C(Cl)C(=O)N(c4cccc(C)c4C)C3=O)cc2)c1.